The maximum atomic E-state index is 13.8. The average Bonchev–Trinajstić information content (AvgIpc) is 2.87. The molecule has 0 aliphatic rings. The maximum Gasteiger partial charge on any atom is 0.127 e. The molecule has 1 aromatic heterocycles. The fourth-order valence-corrected chi connectivity index (χ4v) is 2.29. The molecule has 2 rings (SSSR count). The Labute approximate surface area is 117 Å². The monoisotopic (exact) mass is 281 g/mol. The molecule has 0 aliphatic carbocycles. The summed E-state index contributed by atoms with van der Waals surface area (Å²) in [5.74, 6) is -0.268. The van der Waals surface area contributed by atoms with Gasteiger partial charge >= 0.3 is 0 Å². The van der Waals surface area contributed by atoms with Gasteiger partial charge in [-0.3, -0.25) is 4.68 Å². The van der Waals surface area contributed by atoms with Gasteiger partial charge in [-0.05, 0) is 32.5 Å². The van der Waals surface area contributed by atoms with Crippen molar-refractivity contribution in [3.8, 4) is 0 Å². The summed E-state index contributed by atoms with van der Waals surface area (Å²) in [5.41, 5.74) is 1.57. The Hall–Kier alpha value is -1.39. The zero-order valence-corrected chi connectivity index (χ0v) is 11.8. The number of nitrogens with one attached hydrogen (secondary N) is 1. The minimum Gasteiger partial charge on any atom is -0.313 e. The van der Waals surface area contributed by atoms with Crippen LogP contribution in [0.3, 0.4) is 0 Å². The first-order chi connectivity index (χ1) is 9.15. The summed E-state index contributed by atoms with van der Waals surface area (Å²) in [5, 5.41) is 7.88. The summed E-state index contributed by atoms with van der Waals surface area (Å²) >= 11 is 6.06. The van der Waals surface area contributed by atoms with Crippen LogP contribution in [0, 0.1) is 5.82 Å². The summed E-state index contributed by atoms with van der Waals surface area (Å²) in [6.45, 7) is 2.84. The Morgan fingerprint density at radius 2 is 2.26 bits per heavy atom. The zero-order chi connectivity index (χ0) is 13.8. The fraction of sp³-hybridized carbons (Fsp3) is 0.357. The Morgan fingerprint density at radius 3 is 2.84 bits per heavy atom. The second-order valence-electron chi connectivity index (χ2n) is 4.37. The van der Waals surface area contributed by atoms with Gasteiger partial charge in [-0.15, -0.1) is 0 Å². The van der Waals surface area contributed by atoms with Crippen LogP contribution < -0.4 is 5.32 Å². The first-order valence-electron chi connectivity index (χ1n) is 6.28. The van der Waals surface area contributed by atoms with Gasteiger partial charge in [0.15, 0.2) is 0 Å². The van der Waals surface area contributed by atoms with Crippen LogP contribution in [0.15, 0.2) is 30.6 Å². The minimum absolute atomic E-state index is 0.00491. The molecule has 0 saturated carbocycles. The van der Waals surface area contributed by atoms with E-state index in [1.165, 1.54) is 6.07 Å². The topological polar surface area (TPSA) is 29.9 Å². The van der Waals surface area contributed by atoms with E-state index < -0.39 is 0 Å². The third-order valence-corrected chi connectivity index (χ3v) is 3.55. The van der Waals surface area contributed by atoms with Crippen molar-refractivity contribution in [2.24, 2.45) is 0 Å². The normalized spacial score (nSPS) is 12.6. The molecule has 0 bridgehead atoms. The number of rotatable bonds is 5. The second kappa shape index (κ2) is 6.17. The molecule has 0 amide bonds. The van der Waals surface area contributed by atoms with E-state index in [0.29, 0.717) is 17.0 Å². The number of benzene rings is 1. The molecule has 1 aromatic carbocycles. The molecule has 1 N–H and O–H groups in total. The molecule has 5 heteroatoms. The van der Waals surface area contributed by atoms with Gasteiger partial charge in [0.1, 0.15) is 5.82 Å². The number of hydrogen-bond donors (Lipinski definition) is 1. The first kappa shape index (κ1) is 14.0. The third-order valence-electron chi connectivity index (χ3n) is 3.20. The second-order valence-corrected chi connectivity index (χ2v) is 4.78. The van der Waals surface area contributed by atoms with Gasteiger partial charge in [-0.25, -0.2) is 4.39 Å². The molecular formula is C14H17ClFN3. The predicted molar refractivity (Wildman–Crippen MR) is 74.8 cm³/mol. The van der Waals surface area contributed by atoms with E-state index >= 15 is 0 Å². The van der Waals surface area contributed by atoms with Gasteiger partial charge in [-0.2, -0.15) is 5.10 Å². The van der Waals surface area contributed by atoms with Crippen molar-refractivity contribution < 1.29 is 4.39 Å². The molecule has 0 fully saturated rings. The van der Waals surface area contributed by atoms with Crippen molar-refractivity contribution in [2.45, 2.75) is 25.9 Å². The Bertz CT molecular complexity index is 533. The highest BCUT2D eigenvalue weighted by atomic mass is 35.5. The molecule has 0 radical (unpaired) electrons. The number of aromatic nitrogens is 2. The molecule has 3 nitrogen and oxygen atoms in total. The van der Waals surface area contributed by atoms with Crippen molar-refractivity contribution in [3.05, 3.63) is 52.6 Å². The van der Waals surface area contributed by atoms with Crippen molar-refractivity contribution in [3.63, 3.8) is 0 Å². The summed E-state index contributed by atoms with van der Waals surface area (Å²) in [4.78, 5) is 0. The lowest BCUT2D eigenvalue weighted by molar-refractivity contribution is 0.553. The molecule has 19 heavy (non-hydrogen) atoms. The molecular weight excluding hydrogens is 265 g/mol. The van der Waals surface area contributed by atoms with E-state index in [1.807, 2.05) is 24.9 Å². The number of likely N-dealkylation sites (N-methyl/N-ethyl adjacent to an activating group) is 1. The van der Waals surface area contributed by atoms with Crippen LogP contribution in [0.2, 0.25) is 5.02 Å². The summed E-state index contributed by atoms with van der Waals surface area (Å²) in [6.07, 6.45) is 4.27. The smallest absolute Gasteiger partial charge is 0.127 e. The standard InChI is InChI=1S/C14H17ClFN3/c1-3-19-9-10(8-18-19)14(17-2)7-11-12(15)5-4-6-13(11)16/h4-6,8-9,14,17H,3,7H2,1-2H3. The van der Waals surface area contributed by atoms with Crippen LogP contribution in [0.4, 0.5) is 4.39 Å². The van der Waals surface area contributed by atoms with E-state index in [2.05, 4.69) is 10.4 Å². The van der Waals surface area contributed by atoms with Gasteiger partial charge < -0.3 is 5.32 Å². The lowest BCUT2D eigenvalue weighted by atomic mass is 10.0. The molecule has 1 unspecified atom stereocenters. The Balaban J connectivity index is 2.24. The van der Waals surface area contributed by atoms with E-state index in [9.17, 15) is 4.39 Å². The zero-order valence-electron chi connectivity index (χ0n) is 11.0. The summed E-state index contributed by atoms with van der Waals surface area (Å²) < 4.78 is 15.7. The van der Waals surface area contributed by atoms with E-state index in [-0.39, 0.29) is 11.9 Å². The predicted octanol–water partition coefficient (Wildman–Crippen LogP) is 3.20. The molecule has 0 saturated heterocycles. The highest BCUT2D eigenvalue weighted by molar-refractivity contribution is 6.31. The van der Waals surface area contributed by atoms with Crippen LogP contribution in [0.1, 0.15) is 24.1 Å². The number of hydrogen-bond acceptors (Lipinski definition) is 2. The highest BCUT2D eigenvalue weighted by Crippen LogP contribution is 2.25. The van der Waals surface area contributed by atoms with Crippen molar-refractivity contribution in [1.29, 1.82) is 0 Å². The average molecular weight is 282 g/mol. The van der Waals surface area contributed by atoms with Gasteiger partial charge in [0.05, 0.1) is 6.20 Å². The van der Waals surface area contributed by atoms with Crippen molar-refractivity contribution >= 4 is 11.6 Å². The van der Waals surface area contributed by atoms with Gasteiger partial charge in [-0.1, -0.05) is 17.7 Å². The highest BCUT2D eigenvalue weighted by Gasteiger charge is 2.16. The van der Waals surface area contributed by atoms with Crippen LogP contribution in [0.5, 0.6) is 0 Å². The van der Waals surface area contributed by atoms with Crippen LogP contribution in [-0.4, -0.2) is 16.8 Å². The van der Waals surface area contributed by atoms with Gasteiger partial charge in [0.25, 0.3) is 0 Å². The summed E-state index contributed by atoms with van der Waals surface area (Å²) in [7, 11) is 1.85. The number of halogens is 2. The fourth-order valence-electron chi connectivity index (χ4n) is 2.05. The van der Waals surface area contributed by atoms with E-state index in [1.54, 1.807) is 18.3 Å². The van der Waals surface area contributed by atoms with Crippen LogP contribution in [0.25, 0.3) is 0 Å². The van der Waals surface area contributed by atoms with Gasteiger partial charge in [0.2, 0.25) is 0 Å². The molecule has 1 atom stereocenters. The molecule has 0 aliphatic heterocycles. The Kier molecular flexibility index (Phi) is 4.56. The van der Waals surface area contributed by atoms with Crippen LogP contribution in [-0.2, 0) is 13.0 Å². The molecule has 2 aromatic rings. The molecule has 0 spiro atoms. The quantitative estimate of drug-likeness (QED) is 0.912. The van der Waals surface area contributed by atoms with Crippen molar-refractivity contribution in [2.75, 3.05) is 7.05 Å². The lowest BCUT2D eigenvalue weighted by Gasteiger charge is -2.16. The number of nitrogens with zero attached hydrogens (tertiary/aromatic N) is 2. The van der Waals surface area contributed by atoms with E-state index in [0.717, 1.165) is 12.1 Å². The lowest BCUT2D eigenvalue weighted by Crippen LogP contribution is -2.19. The van der Waals surface area contributed by atoms with Crippen LogP contribution >= 0.6 is 11.6 Å². The third kappa shape index (κ3) is 3.14. The van der Waals surface area contributed by atoms with E-state index in [4.69, 9.17) is 11.6 Å². The number of aryl methyl sites for hydroxylation is 1. The SMILES string of the molecule is CCn1cc(C(Cc2c(F)cccc2Cl)NC)cn1. The molecule has 102 valence electrons. The summed E-state index contributed by atoms with van der Waals surface area (Å²) in [6, 6.07) is 4.76. The Morgan fingerprint density at radius 1 is 1.47 bits per heavy atom. The first-order valence-corrected chi connectivity index (χ1v) is 6.66. The molecule has 1 heterocycles. The maximum absolute atomic E-state index is 13.8. The minimum atomic E-state index is -0.268. The van der Waals surface area contributed by atoms with Crippen molar-refractivity contribution in [1.82, 2.24) is 15.1 Å². The van der Waals surface area contributed by atoms with Gasteiger partial charge in [0, 0.05) is 34.9 Å². The largest absolute Gasteiger partial charge is 0.313 e.